The smallest absolute Gasteiger partial charge is 0.348 e. The molecule has 0 unspecified atom stereocenters. The van der Waals surface area contributed by atoms with E-state index in [0.29, 0.717) is 20.7 Å². The number of fused-ring (bicyclic) bond motifs is 1. The van der Waals surface area contributed by atoms with Crippen molar-refractivity contribution in [1.82, 2.24) is 9.97 Å². The van der Waals surface area contributed by atoms with Crippen molar-refractivity contribution in [3.63, 3.8) is 0 Å². The van der Waals surface area contributed by atoms with Crippen LogP contribution in [0.2, 0.25) is 10.4 Å². The van der Waals surface area contributed by atoms with E-state index in [2.05, 4.69) is 9.97 Å². The summed E-state index contributed by atoms with van der Waals surface area (Å²) in [6.45, 7) is 0. The van der Waals surface area contributed by atoms with Gasteiger partial charge in [-0.2, -0.15) is 0 Å². The Morgan fingerprint density at radius 3 is 2.57 bits per heavy atom. The minimum atomic E-state index is -0.441. The lowest BCUT2D eigenvalue weighted by molar-refractivity contribution is 0.0607. The van der Waals surface area contributed by atoms with E-state index >= 15 is 0 Å². The number of methoxy groups -OCH3 is 1. The Hall–Kier alpha value is -1.69. The van der Waals surface area contributed by atoms with E-state index < -0.39 is 5.97 Å². The molecule has 3 aromatic rings. The van der Waals surface area contributed by atoms with Gasteiger partial charge < -0.3 is 4.74 Å². The Kier molecular flexibility index (Phi) is 3.80. The zero-order valence-corrected chi connectivity index (χ0v) is 13.1. The number of nitrogens with zero attached hydrogens (tertiary/aromatic N) is 2. The number of rotatable bonds is 2. The van der Waals surface area contributed by atoms with Crippen LogP contribution in [0.3, 0.4) is 0 Å². The Labute approximate surface area is 134 Å². The molecule has 21 heavy (non-hydrogen) atoms. The predicted molar refractivity (Wildman–Crippen MR) is 84.2 cm³/mol. The number of aromatic nitrogens is 2. The van der Waals surface area contributed by atoms with Crippen molar-refractivity contribution in [1.29, 1.82) is 0 Å². The third kappa shape index (κ3) is 2.48. The van der Waals surface area contributed by atoms with Gasteiger partial charge in [-0.15, -0.1) is 11.3 Å². The fourth-order valence-corrected chi connectivity index (χ4v) is 3.75. The number of carbonyl (C=O) groups excluding carboxylic acids is 1. The molecule has 4 nitrogen and oxygen atoms in total. The molecule has 2 aromatic heterocycles. The first-order valence-electron chi connectivity index (χ1n) is 5.91. The normalized spacial score (nSPS) is 10.8. The highest BCUT2D eigenvalue weighted by atomic mass is 35.5. The van der Waals surface area contributed by atoms with E-state index in [0.717, 1.165) is 5.56 Å². The Bertz CT molecular complexity index is 834. The molecule has 0 amide bonds. The highest BCUT2D eigenvalue weighted by molar-refractivity contribution is 7.21. The zero-order chi connectivity index (χ0) is 15.0. The van der Waals surface area contributed by atoms with Crippen LogP contribution in [-0.4, -0.2) is 23.0 Å². The number of hydrogen-bond donors (Lipinski definition) is 0. The van der Waals surface area contributed by atoms with Crippen LogP contribution in [0.1, 0.15) is 9.67 Å². The van der Waals surface area contributed by atoms with Gasteiger partial charge in [0.15, 0.2) is 0 Å². The molecule has 0 saturated heterocycles. The van der Waals surface area contributed by atoms with Gasteiger partial charge in [0.05, 0.1) is 12.5 Å². The summed E-state index contributed by atoms with van der Waals surface area (Å²) in [4.78, 5) is 21.1. The number of carbonyl (C=O) groups is 1. The first kappa shape index (κ1) is 14.3. The van der Waals surface area contributed by atoms with Crippen LogP contribution in [-0.2, 0) is 4.74 Å². The SMILES string of the molecule is COC(=O)c1sc2nc(Cl)nc(Cl)c2c1-c1ccccc1. The molecule has 0 aliphatic rings. The van der Waals surface area contributed by atoms with E-state index in [9.17, 15) is 4.79 Å². The first-order chi connectivity index (χ1) is 10.1. The van der Waals surface area contributed by atoms with E-state index in [1.807, 2.05) is 30.3 Å². The van der Waals surface area contributed by atoms with Crippen LogP contribution in [0, 0.1) is 0 Å². The molecule has 1 aromatic carbocycles. The molecule has 0 aliphatic heterocycles. The maximum atomic E-state index is 12.0. The van der Waals surface area contributed by atoms with E-state index in [1.54, 1.807) is 0 Å². The number of hydrogen-bond acceptors (Lipinski definition) is 5. The quantitative estimate of drug-likeness (QED) is 0.393. The largest absolute Gasteiger partial charge is 0.465 e. The molecule has 0 spiro atoms. The molecule has 0 bridgehead atoms. The molecule has 0 aliphatic carbocycles. The van der Waals surface area contributed by atoms with Crippen molar-refractivity contribution in [3.8, 4) is 11.1 Å². The van der Waals surface area contributed by atoms with Gasteiger partial charge in [-0.05, 0) is 17.2 Å². The molecule has 0 N–H and O–H groups in total. The van der Waals surface area contributed by atoms with Gasteiger partial charge in [0, 0.05) is 5.56 Å². The molecule has 7 heteroatoms. The van der Waals surface area contributed by atoms with Crippen molar-refractivity contribution < 1.29 is 9.53 Å². The molecular weight excluding hydrogens is 331 g/mol. The summed E-state index contributed by atoms with van der Waals surface area (Å²) in [5.74, 6) is -0.441. The maximum Gasteiger partial charge on any atom is 0.348 e. The fourth-order valence-electron chi connectivity index (χ4n) is 2.05. The number of esters is 1. The van der Waals surface area contributed by atoms with Gasteiger partial charge in [-0.25, -0.2) is 14.8 Å². The van der Waals surface area contributed by atoms with E-state index in [4.69, 9.17) is 27.9 Å². The van der Waals surface area contributed by atoms with E-state index in [1.165, 1.54) is 18.4 Å². The predicted octanol–water partition coefficient (Wildman–Crippen LogP) is 4.45. The molecule has 106 valence electrons. The summed E-state index contributed by atoms with van der Waals surface area (Å²) >= 11 is 13.2. The number of halogens is 2. The molecule has 2 heterocycles. The van der Waals surface area contributed by atoms with Crippen molar-refractivity contribution in [2.24, 2.45) is 0 Å². The molecule has 3 rings (SSSR count). The van der Waals surface area contributed by atoms with E-state index in [-0.39, 0.29) is 10.4 Å². The second-order valence-corrected chi connectivity index (χ2v) is 5.82. The summed E-state index contributed by atoms with van der Waals surface area (Å²) in [5, 5.41) is 0.873. The van der Waals surface area contributed by atoms with Crippen LogP contribution < -0.4 is 0 Å². The second-order valence-electron chi connectivity index (χ2n) is 4.13. The summed E-state index contributed by atoms with van der Waals surface area (Å²) in [7, 11) is 1.34. The topological polar surface area (TPSA) is 52.1 Å². The van der Waals surface area contributed by atoms with Gasteiger partial charge >= 0.3 is 5.97 Å². The fraction of sp³-hybridized carbons (Fsp3) is 0.0714. The third-order valence-corrected chi connectivity index (χ3v) is 4.42. The summed E-state index contributed by atoms with van der Waals surface area (Å²) in [6.07, 6.45) is 0. The Morgan fingerprint density at radius 1 is 1.19 bits per heavy atom. The average Bonchev–Trinajstić information content (AvgIpc) is 2.86. The van der Waals surface area contributed by atoms with Crippen LogP contribution >= 0.6 is 34.5 Å². The van der Waals surface area contributed by atoms with Crippen molar-refractivity contribution >= 4 is 50.7 Å². The molecular formula is C14H8Cl2N2O2S. The van der Waals surface area contributed by atoms with Crippen molar-refractivity contribution in [2.75, 3.05) is 7.11 Å². The van der Waals surface area contributed by atoms with Crippen molar-refractivity contribution in [3.05, 3.63) is 45.6 Å². The molecule has 0 saturated carbocycles. The molecule has 0 fully saturated rings. The average molecular weight is 339 g/mol. The Balaban J connectivity index is 2.41. The lowest BCUT2D eigenvalue weighted by Gasteiger charge is -2.04. The second kappa shape index (κ2) is 5.60. The molecule has 0 atom stereocenters. The van der Waals surface area contributed by atoms with Gasteiger partial charge in [-0.1, -0.05) is 41.9 Å². The summed E-state index contributed by atoms with van der Waals surface area (Å²) in [6, 6.07) is 9.43. The minimum Gasteiger partial charge on any atom is -0.465 e. The number of thiophene rings is 1. The Morgan fingerprint density at radius 2 is 1.90 bits per heavy atom. The lowest BCUT2D eigenvalue weighted by atomic mass is 10.0. The minimum absolute atomic E-state index is 0.0461. The summed E-state index contributed by atoms with van der Waals surface area (Å²) < 4.78 is 4.85. The summed E-state index contributed by atoms with van der Waals surface area (Å²) in [5.41, 5.74) is 1.51. The highest BCUT2D eigenvalue weighted by Gasteiger charge is 2.23. The van der Waals surface area contributed by atoms with Crippen molar-refractivity contribution in [2.45, 2.75) is 0 Å². The van der Waals surface area contributed by atoms with Crippen LogP contribution in [0.25, 0.3) is 21.3 Å². The van der Waals surface area contributed by atoms with Gasteiger partial charge in [0.2, 0.25) is 5.28 Å². The van der Waals surface area contributed by atoms with Gasteiger partial charge in [0.1, 0.15) is 14.9 Å². The van der Waals surface area contributed by atoms with Gasteiger partial charge in [-0.3, -0.25) is 0 Å². The monoisotopic (exact) mass is 338 g/mol. The third-order valence-electron chi connectivity index (χ3n) is 2.91. The van der Waals surface area contributed by atoms with Crippen LogP contribution in [0.4, 0.5) is 0 Å². The lowest BCUT2D eigenvalue weighted by Crippen LogP contribution is -1.99. The zero-order valence-electron chi connectivity index (χ0n) is 10.8. The van der Waals surface area contributed by atoms with Gasteiger partial charge in [0.25, 0.3) is 0 Å². The van der Waals surface area contributed by atoms with Crippen LogP contribution in [0.5, 0.6) is 0 Å². The highest BCUT2D eigenvalue weighted by Crippen LogP contribution is 2.41. The maximum absolute atomic E-state index is 12.0. The first-order valence-corrected chi connectivity index (χ1v) is 7.48. The molecule has 0 radical (unpaired) electrons. The number of benzene rings is 1. The number of ether oxygens (including phenoxy) is 1. The van der Waals surface area contributed by atoms with Crippen LogP contribution in [0.15, 0.2) is 30.3 Å². The standard InChI is InChI=1S/C14H8Cl2N2O2S/c1-20-13(19)10-8(7-5-3-2-4-6-7)9-11(15)17-14(16)18-12(9)21-10/h2-6H,1H3.